The lowest BCUT2D eigenvalue weighted by atomic mass is 10.1. The maximum Gasteiger partial charge on any atom is 0.255 e. The van der Waals surface area contributed by atoms with E-state index in [2.05, 4.69) is 5.32 Å². The summed E-state index contributed by atoms with van der Waals surface area (Å²) in [5.74, 6) is 1.25. The molecule has 0 aliphatic rings. The molecule has 0 saturated carbocycles. The topological polar surface area (TPSA) is 104 Å². The second kappa shape index (κ2) is 7.54. The molecule has 1 atom stereocenters. The van der Waals surface area contributed by atoms with Crippen molar-refractivity contribution in [3.63, 3.8) is 0 Å². The molecule has 0 spiro atoms. The van der Waals surface area contributed by atoms with E-state index in [1.54, 1.807) is 12.1 Å². The van der Waals surface area contributed by atoms with Crippen molar-refractivity contribution >= 4 is 11.8 Å². The van der Waals surface area contributed by atoms with Crippen LogP contribution in [-0.4, -0.2) is 25.5 Å². The fourth-order valence-corrected chi connectivity index (χ4v) is 2.11. The lowest BCUT2D eigenvalue weighted by Gasteiger charge is -2.14. The highest BCUT2D eigenvalue weighted by Crippen LogP contribution is 2.28. The minimum absolute atomic E-state index is 0.267. The Kier molecular flexibility index (Phi) is 5.47. The zero-order chi connectivity index (χ0) is 17.7. The molecule has 0 fully saturated rings. The molecule has 1 heterocycles. The van der Waals surface area contributed by atoms with Crippen molar-refractivity contribution in [1.82, 2.24) is 5.32 Å². The monoisotopic (exact) mass is 332 g/mol. The summed E-state index contributed by atoms with van der Waals surface area (Å²) in [6.45, 7) is 3.41. The van der Waals surface area contributed by atoms with Crippen LogP contribution in [0.5, 0.6) is 11.5 Å². The van der Waals surface area contributed by atoms with Gasteiger partial charge in [0.25, 0.3) is 11.8 Å². The molecule has 1 aromatic carbocycles. The Bertz CT molecular complexity index is 738. The number of aryl methyl sites for hydroxylation is 1. The molecule has 7 nitrogen and oxygen atoms in total. The number of carbonyl (C=O) groups excluding carboxylic acids is 2. The van der Waals surface area contributed by atoms with E-state index in [-0.39, 0.29) is 18.6 Å². The van der Waals surface area contributed by atoms with Crippen molar-refractivity contribution in [2.45, 2.75) is 19.9 Å². The maximum atomic E-state index is 12.4. The zero-order valence-electron chi connectivity index (χ0n) is 13.8. The van der Waals surface area contributed by atoms with Crippen molar-refractivity contribution in [3.8, 4) is 11.5 Å². The normalized spacial score (nSPS) is 11.6. The minimum Gasteiger partial charge on any atom is -0.493 e. The first-order chi connectivity index (χ1) is 11.4. The third-order valence-electron chi connectivity index (χ3n) is 3.33. The second-order valence-corrected chi connectivity index (χ2v) is 5.26. The molecule has 2 amide bonds. The zero-order valence-corrected chi connectivity index (χ0v) is 13.8. The van der Waals surface area contributed by atoms with E-state index in [1.165, 1.54) is 13.2 Å². The first-order valence-corrected chi connectivity index (χ1v) is 7.37. The van der Waals surface area contributed by atoms with Gasteiger partial charge in [-0.05, 0) is 44.2 Å². The molecule has 128 valence electrons. The Balaban J connectivity index is 2.10. The van der Waals surface area contributed by atoms with Gasteiger partial charge in [0.1, 0.15) is 11.5 Å². The van der Waals surface area contributed by atoms with E-state index in [9.17, 15) is 9.59 Å². The lowest BCUT2D eigenvalue weighted by molar-refractivity contribution is -0.119. The molecular formula is C17H20N2O5. The molecule has 7 heteroatoms. The first-order valence-electron chi connectivity index (χ1n) is 7.37. The van der Waals surface area contributed by atoms with Crippen molar-refractivity contribution in [2.24, 2.45) is 5.73 Å². The van der Waals surface area contributed by atoms with Gasteiger partial charge in [0.2, 0.25) is 0 Å². The van der Waals surface area contributed by atoms with Gasteiger partial charge in [-0.3, -0.25) is 9.59 Å². The highest BCUT2D eigenvalue weighted by Gasteiger charge is 2.16. The fourth-order valence-electron chi connectivity index (χ4n) is 2.11. The Morgan fingerprint density at radius 2 is 2.00 bits per heavy atom. The van der Waals surface area contributed by atoms with Crippen LogP contribution in [0, 0.1) is 6.92 Å². The van der Waals surface area contributed by atoms with Gasteiger partial charge in [0.05, 0.1) is 13.2 Å². The van der Waals surface area contributed by atoms with Gasteiger partial charge >= 0.3 is 0 Å². The molecule has 3 N–H and O–H groups in total. The lowest BCUT2D eigenvalue weighted by Crippen LogP contribution is -2.26. The number of amides is 2. The number of hydrogen-bond donors (Lipinski definition) is 2. The molecule has 0 aliphatic carbocycles. The van der Waals surface area contributed by atoms with Crippen molar-refractivity contribution in [2.75, 3.05) is 13.7 Å². The van der Waals surface area contributed by atoms with Crippen LogP contribution in [0.3, 0.4) is 0 Å². The van der Waals surface area contributed by atoms with E-state index in [4.69, 9.17) is 19.6 Å². The van der Waals surface area contributed by atoms with E-state index < -0.39 is 5.91 Å². The van der Waals surface area contributed by atoms with Crippen LogP contribution in [0.4, 0.5) is 0 Å². The summed E-state index contributed by atoms with van der Waals surface area (Å²) >= 11 is 0. The van der Waals surface area contributed by atoms with Crippen LogP contribution < -0.4 is 20.5 Å². The SMILES string of the molecule is COc1cc(C(=O)N[C@@H](C)c2ccc(C)o2)ccc1OCC(N)=O. The molecule has 0 saturated heterocycles. The number of methoxy groups -OCH3 is 1. The summed E-state index contributed by atoms with van der Waals surface area (Å²) in [6.07, 6.45) is 0. The average molecular weight is 332 g/mol. The summed E-state index contributed by atoms with van der Waals surface area (Å²) in [5, 5.41) is 2.84. The number of hydrogen-bond acceptors (Lipinski definition) is 5. The van der Waals surface area contributed by atoms with Gasteiger partial charge < -0.3 is 24.9 Å². The highest BCUT2D eigenvalue weighted by molar-refractivity contribution is 5.95. The number of ether oxygens (including phenoxy) is 2. The molecular weight excluding hydrogens is 312 g/mol. The number of benzene rings is 1. The van der Waals surface area contributed by atoms with Crippen molar-refractivity contribution in [1.29, 1.82) is 0 Å². The van der Waals surface area contributed by atoms with E-state index >= 15 is 0 Å². The van der Waals surface area contributed by atoms with Gasteiger partial charge in [-0.2, -0.15) is 0 Å². The fraction of sp³-hybridized carbons (Fsp3) is 0.294. The highest BCUT2D eigenvalue weighted by atomic mass is 16.5. The Hall–Kier alpha value is -2.96. The maximum absolute atomic E-state index is 12.4. The van der Waals surface area contributed by atoms with Crippen LogP contribution in [0.1, 0.15) is 34.8 Å². The number of nitrogens with one attached hydrogen (secondary N) is 1. The van der Waals surface area contributed by atoms with Crippen LogP contribution in [0.2, 0.25) is 0 Å². The van der Waals surface area contributed by atoms with Gasteiger partial charge in [-0.1, -0.05) is 0 Å². The number of carbonyl (C=O) groups is 2. The third-order valence-corrected chi connectivity index (χ3v) is 3.33. The molecule has 24 heavy (non-hydrogen) atoms. The molecule has 1 aromatic heterocycles. The third kappa shape index (κ3) is 4.28. The van der Waals surface area contributed by atoms with Crippen LogP contribution in [0.25, 0.3) is 0 Å². The van der Waals surface area contributed by atoms with Gasteiger partial charge in [-0.25, -0.2) is 0 Å². The quantitative estimate of drug-likeness (QED) is 0.806. The molecule has 0 bridgehead atoms. The van der Waals surface area contributed by atoms with Crippen molar-refractivity contribution < 1.29 is 23.5 Å². The largest absolute Gasteiger partial charge is 0.493 e. The Labute approximate surface area is 139 Å². The number of primary amides is 1. The van der Waals surface area contributed by atoms with Gasteiger partial charge in [0, 0.05) is 5.56 Å². The van der Waals surface area contributed by atoms with Gasteiger partial charge in [0.15, 0.2) is 18.1 Å². The summed E-state index contributed by atoms with van der Waals surface area (Å²) in [7, 11) is 1.45. The van der Waals surface area contributed by atoms with Crippen LogP contribution in [-0.2, 0) is 4.79 Å². The van der Waals surface area contributed by atoms with E-state index in [1.807, 2.05) is 26.0 Å². The van der Waals surface area contributed by atoms with Crippen LogP contribution in [0.15, 0.2) is 34.7 Å². The molecule has 0 unspecified atom stereocenters. The predicted octanol–water partition coefficient (Wildman–Crippen LogP) is 1.95. The van der Waals surface area contributed by atoms with Gasteiger partial charge in [-0.15, -0.1) is 0 Å². The summed E-state index contributed by atoms with van der Waals surface area (Å²) in [6, 6.07) is 8.05. The number of nitrogens with two attached hydrogens (primary N) is 1. The summed E-state index contributed by atoms with van der Waals surface area (Å²) in [4.78, 5) is 23.1. The average Bonchev–Trinajstić information content (AvgIpc) is 2.99. The van der Waals surface area contributed by atoms with Crippen molar-refractivity contribution in [3.05, 3.63) is 47.4 Å². The molecule has 0 aliphatic heterocycles. The van der Waals surface area contributed by atoms with Crippen LogP contribution >= 0.6 is 0 Å². The summed E-state index contributed by atoms with van der Waals surface area (Å²) < 4.78 is 15.9. The Morgan fingerprint density at radius 1 is 1.25 bits per heavy atom. The second-order valence-electron chi connectivity index (χ2n) is 5.26. The molecule has 0 radical (unpaired) electrons. The minimum atomic E-state index is -0.596. The number of rotatable bonds is 7. The van der Waals surface area contributed by atoms with E-state index in [0.29, 0.717) is 22.8 Å². The summed E-state index contributed by atoms with van der Waals surface area (Å²) in [5.41, 5.74) is 5.44. The molecule has 2 aromatic rings. The standard InChI is InChI=1S/C17H20N2O5/c1-10-4-6-13(24-10)11(2)19-17(21)12-5-7-14(15(8-12)22-3)23-9-16(18)20/h4-8,11H,9H2,1-3H3,(H2,18,20)(H,19,21)/t11-/m0/s1. The smallest absolute Gasteiger partial charge is 0.255 e. The number of furan rings is 1. The van der Waals surface area contributed by atoms with E-state index in [0.717, 1.165) is 5.76 Å². The Morgan fingerprint density at radius 3 is 2.58 bits per heavy atom. The molecule has 2 rings (SSSR count). The predicted molar refractivity (Wildman–Crippen MR) is 87.0 cm³/mol. The first kappa shape index (κ1) is 17.4.